The normalized spacial score (nSPS) is 16.0. The zero-order valence-electron chi connectivity index (χ0n) is 11.8. The van der Waals surface area contributed by atoms with Gasteiger partial charge < -0.3 is 9.64 Å². The molecule has 0 aliphatic carbocycles. The average Bonchev–Trinajstić information content (AvgIpc) is 2.55. The first-order valence-electron chi connectivity index (χ1n) is 7.20. The SMILES string of the molecule is Clc1ccc(N2CCC(COc3ccncc3)CC2)nc1. The van der Waals surface area contributed by atoms with Gasteiger partial charge in [0.15, 0.2) is 0 Å². The van der Waals surface area contributed by atoms with E-state index < -0.39 is 0 Å². The van der Waals surface area contributed by atoms with Crippen LogP contribution in [0.5, 0.6) is 5.75 Å². The number of hydrogen-bond donors (Lipinski definition) is 0. The van der Waals surface area contributed by atoms with Gasteiger partial charge in [-0.05, 0) is 43.0 Å². The molecule has 0 unspecified atom stereocenters. The number of hydrogen-bond acceptors (Lipinski definition) is 4. The summed E-state index contributed by atoms with van der Waals surface area (Å²) in [5.41, 5.74) is 0. The Bertz CT molecular complexity index is 553. The summed E-state index contributed by atoms with van der Waals surface area (Å²) >= 11 is 5.87. The van der Waals surface area contributed by atoms with Crippen molar-refractivity contribution >= 4 is 17.4 Å². The molecular formula is C16H18ClN3O. The number of aromatic nitrogens is 2. The van der Waals surface area contributed by atoms with Gasteiger partial charge >= 0.3 is 0 Å². The zero-order chi connectivity index (χ0) is 14.5. The Kier molecular flexibility index (Phi) is 4.55. The molecule has 3 rings (SSSR count). The Hall–Kier alpha value is -1.81. The molecular weight excluding hydrogens is 286 g/mol. The summed E-state index contributed by atoms with van der Waals surface area (Å²) in [5.74, 6) is 2.50. The van der Waals surface area contributed by atoms with Gasteiger partial charge in [0.05, 0.1) is 11.6 Å². The summed E-state index contributed by atoms with van der Waals surface area (Å²) in [6.07, 6.45) is 7.45. The van der Waals surface area contributed by atoms with Crippen LogP contribution in [0, 0.1) is 5.92 Å². The summed E-state index contributed by atoms with van der Waals surface area (Å²) in [4.78, 5) is 10.7. The van der Waals surface area contributed by atoms with Crippen molar-refractivity contribution in [3.8, 4) is 5.75 Å². The fraction of sp³-hybridized carbons (Fsp3) is 0.375. The van der Waals surface area contributed by atoms with E-state index in [4.69, 9.17) is 16.3 Å². The third-order valence-corrected chi connectivity index (χ3v) is 4.01. The first-order chi connectivity index (χ1) is 10.3. The monoisotopic (exact) mass is 303 g/mol. The lowest BCUT2D eigenvalue weighted by Crippen LogP contribution is -2.36. The first-order valence-corrected chi connectivity index (χ1v) is 7.58. The van der Waals surface area contributed by atoms with E-state index in [0.717, 1.165) is 44.1 Å². The molecule has 0 N–H and O–H groups in total. The van der Waals surface area contributed by atoms with Crippen LogP contribution in [0.2, 0.25) is 5.02 Å². The second kappa shape index (κ2) is 6.76. The summed E-state index contributed by atoms with van der Waals surface area (Å²) in [6.45, 7) is 2.80. The standard InChI is InChI=1S/C16H18ClN3O/c17-14-1-2-16(19-11-14)20-9-5-13(6-10-20)12-21-15-3-7-18-8-4-15/h1-4,7-8,11,13H,5-6,9-10,12H2. The highest BCUT2D eigenvalue weighted by atomic mass is 35.5. The molecule has 0 amide bonds. The minimum absolute atomic E-state index is 0.599. The van der Waals surface area contributed by atoms with Crippen molar-refractivity contribution in [1.29, 1.82) is 0 Å². The van der Waals surface area contributed by atoms with Crippen LogP contribution in [-0.4, -0.2) is 29.7 Å². The summed E-state index contributed by atoms with van der Waals surface area (Å²) in [7, 11) is 0. The number of anilines is 1. The van der Waals surface area contributed by atoms with Crippen LogP contribution in [0.25, 0.3) is 0 Å². The van der Waals surface area contributed by atoms with Crippen molar-refractivity contribution in [3.05, 3.63) is 47.9 Å². The smallest absolute Gasteiger partial charge is 0.128 e. The highest BCUT2D eigenvalue weighted by molar-refractivity contribution is 6.30. The third-order valence-electron chi connectivity index (χ3n) is 3.79. The van der Waals surface area contributed by atoms with Crippen LogP contribution in [-0.2, 0) is 0 Å². The maximum Gasteiger partial charge on any atom is 0.128 e. The van der Waals surface area contributed by atoms with Gasteiger partial charge in [0, 0.05) is 31.7 Å². The maximum atomic E-state index is 5.87. The molecule has 0 spiro atoms. The molecule has 0 atom stereocenters. The van der Waals surface area contributed by atoms with Crippen LogP contribution in [0.3, 0.4) is 0 Å². The van der Waals surface area contributed by atoms with Gasteiger partial charge in [-0.3, -0.25) is 4.98 Å². The molecule has 1 fully saturated rings. The molecule has 4 nitrogen and oxygen atoms in total. The number of halogens is 1. The number of ether oxygens (including phenoxy) is 1. The van der Waals surface area contributed by atoms with Crippen LogP contribution < -0.4 is 9.64 Å². The minimum Gasteiger partial charge on any atom is -0.493 e. The van der Waals surface area contributed by atoms with Gasteiger partial charge in [0.25, 0.3) is 0 Å². The van der Waals surface area contributed by atoms with Crippen LogP contribution >= 0.6 is 11.6 Å². The van der Waals surface area contributed by atoms with Crippen molar-refractivity contribution in [3.63, 3.8) is 0 Å². The molecule has 1 saturated heterocycles. The van der Waals surface area contributed by atoms with Crippen molar-refractivity contribution in [2.45, 2.75) is 12.8 Å². The molecule has 3 heterocycles. The molecule has 2 aromatic rings. The summed E-state index contributed by atoms with van der Waals surface area (Å²) < 4.78 is 5.81. The molecule has 0 saturated carbocycles. The highest BCUT2D eigenvalue weighted by Crippen LogP contribution is 2.23. The van der Waals surface area contributed by atoms with E-state index in [9.17, 15) is 0 Å². The molecule has 1 aliphatic heterocycles. The van der Waals surface area contributed by atoms with Gasteiger partial charge in [-0.2, -0.15) is 0 Å². The predicted molar refractivity (Wildman–Crippen MR) is 83.9 cm³/mol. The van der Waals surface area contributed by atoms with Crippen LogP contribution in [0.15, 0.2) is 42.9 Å². The van der Waals surface area contributed by atoms with Crippen molar-refractivity contribution < 1.29 is 4.74 Å². The van der Waals surface area contributed by atoms with Crippen molar-refractivity contribution in [2.24, 2.45) is 5.92 Å². The topological polar surface area (TPSA) is 38.2 Å². The largest absolute Gasteiger partial charge is 0.493 e. The van der Waals surface area contributed by atoms with E-state index in [1.165, 1.54) is 0 Å². The molecule has 1 aliphatic rings. The van der Waals surface area contributed by atoms with Crippen LogP contribution in [0.4, 0.5) is 5.82 Å². The number of nitrogens with zero attached hydrogens (tertiary/aromatic N) is 3. The fourth-order valence-corrected chi connectivity index (χ4v) is 2.64. The van der Waals surface area contributed by atoms with Gasteiger partial charge in [-0.25, -0.2) is 4.98 Å². The van der Waals surface area contributed by atoms with E-state index in [0.29, 0.717) is 10.9 Å². The first kappa shape index (κ1) is 14.1. The Morgan fingerprint density at radius 1 is 1.14 bits per heavy atom. The molecule has 110 valence electrons. The van der Waals surface area contributed by atoms with Crippen LogP contribution in [0.1, 0.15) is 12.8 Å². The molecule has 2 aromatic heterocycles. The van der Waals surface area contributed by atoms with E-state index in [1.807, 2.05) is 24.3 Å². The molecule has 0 aromatic carbocycles. The van der Waals surface area contributed by atoms with Crippen molar-refractivity contribution in [2.75, 3.05) is 24.6 Å². The van der Waals surface area contributed by atoms with Gasteiger partial charge in [0.2, 0.25) is 0 Å². The van der Waals surface area contributed by atoms with E-state index >= 15 is 0 Å². The second-order valence-corrected chi connectivity index (χ2v) is 5.70. The molecule has 0 radical (unpaired) electrons. The average molecular weight is 304 g/mol. The lowest BCUT2D eigenvalue weighted by molar-refractivity contribution is 0.222. The van der Waals surface area contributed by atoms with Crippen molar-refractivity contribution in [1.82, 2.24) is 9.97 Å². The second-order valence-electron chi connectivity index (χ2n) is 5.26. The van der Waals surface area contributed by atoms with Gasteiger partial charge in [-0.1, -0.05) is 11.6 Å². The molecule has 21 heavy (non-hydrogen) atoms. The third kappa shape index (κ3) is 3.85. The summed E-state index contributed by atoms with van der Waals surface area (Å²) in [5, 5.41) is 0.680. The fourth-order valence-electron chi connectivity index (χ4n) is 2.53. The van der Waals surface area contributed by atoms with Gasteiger partial charge in [0.1, 0.15) is 11.6 Å². The maximum absolute atomic E-state index is 5.87. The Morgan fingerprint density at radius 3 is 2.57 bits per heavy atom. The lowest BCUT2D eigenvalue weighted by atomic mass is 9.98. The molecule has 0 bridgehead atoms. The Morgan fingerprint density at radius 2 is 1.90 bits per heavy atom. The minimum atomic E-state index is 0.599. The van der Waals surface area contributed by atoms with E-state index in [2.05, 4.69) is 14.9 Å². The zero-order valence-corrected chi connectivity index (χ0v) is 12.5. The Labute approximate surface area is 129 Å². The summed E-state index contributed by atoms with van der Waals surface area (Å²) in [6, 6.07) is 7.66. The number of piperidine rings is 1. The Balaban J connectivity index is 1.48. The van der Waals surface area contributed by atoms with E-state index in [1.54, 1.807) is 18.6 Å². The highest BCUT2D eigenvalue weighted by Gasteiger charge is 2.20. The predicted octanol–water partition coefficient (Wildman–Crippen LogP) is 3.43. The number of pyridine rings is 2. The lowest BCUT2D eigenvalue weighted by Gasteiger charge is -2.32. The molecule has 5 heteroatoms. The quantitative estimate of drug-likeness (QED) is 0.867. The van der Waals surface area contributed by atoms with Gasteiger partial charge in [-0.15, -0.1) is 0 Å². The number of rotatable bonds is 4. The van der Waals surface area contributed by atoms with E-state index in [-0.39, 0.29) is 0 Å².